The Bertz CT molecular complexity index is 1230. The Morgan fingerprint density at radius 1 is 1.23 bits per heavy atom. The van der Waals surface area contributed by atoms with Crippen molar-refractivity contribution in [3.8, 4) is 16.9 Å². The van der Waals surface area contributed by atoms with Crippen LogP contribution in [-0.2, 0) is 4.79 Å². The molecule has 2 aromatic heterocycles. The number of aromatic nitrogens is 3. The quantitative estimate of drug-likeness (QED) is 0.223. The summed E-state index contributed by atoms with van der Waals surface area (Å²) in [7, 11) is 0. The Morgan fingerprint density at radius 2 is 2.03 bits per heavy atom. The molecule has 1 N–H and O–H groups in total. The smallest absolute Gasteiger partial charge is 0.270 e. The molecule has 0 unspecified atom stereocenters. The van der Waals surface area contributed by atoms with E-state index in [-0.39, 0.29) is 17.3 Å². The van der Waals surface area contributed by atoms with E-state index in [2.05, 4.69) is 15.3 Å². The topological polar surface area (TPSA) is 103 Å². The van der Waals surface area contributed by atoms with Gasteiger partial charge < -0.3 is 5.32 Å². The van der Waals surface area contributed by atoms with Crippen LogP contribution in [-0.4, -0.2) is 31.1 Å². The molecule has 0 aliphatic heterocycles. The summed E-state index contributed by atoms with van der Waals surface area (Å²) in [4.78, 5) is 31.5. The Balaban J connectivity index is 1.67. The van der Waals surface area contributed by atoms with Gasteiger partial charge in [-0.25, -0.2) is 9.97 Å². The van der Waals surface area contributed by atoms with Gasteiger partial charge in [0.1, 0.15) is 0 Å². The summed E-state index contributed by atoms with van der Waals surface area (Å²) in [5.74, 6) is -0.0824. The molecule has 0 spiro atoms. The number of non-ortho nitro benzene ring substituents is 1. The third kappa shape index (κ3) is 4.93. The molecule has 156 valence electrons. The number of thiazole rings is 1. The lowest BCUT2D eigenvalue weighted by molar-refractivity contribution is -0.384. The van der Waals surface area contributed by atoms with Gasteiger partial charge in [-0.15, -0.1) is 11.3 Å². The maximum absolute atomic E-state index is 12.3. The molecule has 0 bridgehead atoms. The summed E-state index contributed by atoms with van der Waals surface area (Å²) in [6.07, 6.45) is 3.25. The highest BCUT2D eigenvalue weighted by molar-refractivity contribution is 7.99. The second-order valence-electron chi connectivity index (χ2n) is 6.22. The van der Waals surface area contributed by atoms with E-state index in [9.17, 15) is 14.9 Å². The van der Waals surface area contributed by atoms with Gasteiger partial charge in [-0.2, -0.15) is 0 Å². The summed E-state index contributed by atoms with van der Waals surface area (Å²) in [6, 6.07) is 13.5. The first-order chi connectivity index (χ1) is 15.0. The van der Waals surface area contributed by atoms with Crippen molar-refractivity contribution in [1.82, 2.24) is 14.5 Å². The Kier molecular flexibility index (Phi) is 6.31. The summed E-state index contributed by atoms with van der Waals surface area (Å²) in [5, 5.41) is 17.4. The minimum absolute atomic E-state index is 0.0154. The second kappa shape index (κ2) is 9.29. The van der Waals surface area contributed by atoms with Crippen LogP contribution in [0.15, 0.2) is 71.5 Å². The first kappa shape index (κ1) is 21.0. The molecule has 2 aromatic carbocycles. The molecule has 11 heteroatoms. The van der Waals surface area contributed by atoms with Crippen molar-refractivity contribution in [3.63, 3.8) is 0 Å². The molecule has 4 aromatic rings. The van der Waals surface area contributed by atoms with Gasteiger partial charge in [0.15, 0.2) is 10.3 Å². The van der Waals surface area contributed by atoms with Crippen molar-refractivity contribution in [2.24, 2.45) is 0 Å². The van der Waals surface area contributed by atoms with Crippen LogP contribution in [0, 0.1) is 10.1 Å². The van der Waals surface area contributed by atoms with Crippen LogP contribution in [0.4, 0.5) is 10.8 Å². The fraction of sp³-hybridized carbons (Fsp3) is 0.0500. The standard InChI is InChI=1S/C20H14ClN5O3S2/c21-14-4-6-15(7-5-14)25-17(13-2-1-3-16(10-13)26(28)29)11-23-20(25)31-12-18(27)24-19-22-8-9-30-19/h1-11H,12H2,(H,22,24,27). The maximum atomic E-state index is 12.3. The predicted molar refractivity (Wildman–Crippen MR) is 122 cm³/mol. The number of nitrogens with one attached hydrogen (secondary N) is 1. The van der Waals surface area contributed by atoms with Gasteiger partial charge in [0.2, 0.25) is 5.91 Å². The number of nitrogens with zero attached hydrogens (tertiary/aromatic N) is 4. The number of rotatable bonds is 7. The van der Waals surface area contributed by atoms with E-state index in [4.69, 9.17) is 11.6 Å². The summed E-state index contributed by atoms with van der Waals surface area (Å²) < 4.78 is 1.84. The van der Waals surface area contributed by atoms with Crippen molar-refractivity contribution in [3.05, 3.63) is 81.4 Å². The van der Waals surface area contributed by atoms with E-state index < -0.39 is 4.92 Å². The molecule has 0 atom stereocenters. The predicted octanol–water partition coefficient (Wildman–Crippen LogP) is 5.29. The average molecular weight is 472 g/mol. The number of carbonyl (C=O) groups excluding carboxylic acids is 1. The van der Waals surface area contributed by atoms with Crippen LogP contribution < -0.4 is 5.32 Å². The van der Waals surface area contributed by atoms with Crippen LogP contribution in [0.1, 0.15) is 0 Å². The summed E-state index contributed by atoms with van der Waals surface area (Å²) in [6.45, 7) is 0. The number of nitro groups is 1. The number of benzene rings is 2. The SMILES string of the molecule is O=C(CSc1ncc(-c2cccc([N+](=O)[O-])c2)n1-c1ccc(Cl)cc1)Nc1nccs1. The van der Waals surface area contributed by atoms with Crippen molar-refractivity contribution in [2.45, 2.75) is 5.16 Å². The molecule has 8 nitrogen and oxygen atoms in total. The molecule has 0 aliphatic carbocycles. The lowest BCUT2D eigenvalue weighted by Gasteiger charge is -2.12. The van der Waals surface area contributed by atoms with Gasteiger partial charge in [-0.05, 0) is 24.3 Å². The fourth-order valence-corrected chi connectivity index (χ4v) is 4.29. The Morgan fingerprint density at radius 3 is 2.74 bits per heavy atom. The highest BCUT2D eigenvalue weighted by atomic mass is 35.5. The zero-order chi connectivity index (χ0) is 21.8. The molecular formula is C20H14ClN5O3S2. The summed E-state index contributed by atoms with van der Waals surface area (Å²) in [5.41, 5.74) is 2.05. The van der Waals surface area contributed by atoms with Gasteiger partial charge >= 0.3 is 0 Å². The van der Waals surface area contributed by atoms with E-state index in [0.717, 1.165) is 5.69 Å². The molecular weight excluding hydrogens is 458 g/mol. The molecule has 0 radical (unpaired) electrons. The van der Waals surface area contributed by atoms with E-state index in [0.29, 0.717) is 26.6 Å². The number of carbonyl (C=O) groups is 1. The Labute approximate surface area is 190 Å². The lowest BCUT2D eigenvalue weighted by atomic mass is 10.1. The molecule has 0 fully saturated rings. The van der Waals surface area contributed by atoms with E-state index >= 15 is 0 Å². The number of nitro benzene ring substituents is 1. The molecule has 31 heavy (non-hydrogen) atoms. The van der Waals surface area contributed by atoms with E-state index in [1.54, 1.807) is 42.0 Å². The first-order valence-electron chi connectivity index (χ1n) is 8.92. The van der Waals surface area contributed by atoms with Crippen molar-refractivity contribution in [2.75, 3.05) is 11.1 Å². The third-order valence-corrected chi connectivity index (χ3v) is 6.07. The lowest BCUT2D eigenvalue weighted by Crippen LogP contribution is -2.14. The number of amides is 1. The molecule has 0 aliphatic rings. The third-order valence-electron chi connectivity index (χ3n) is 4.18. The van der Waals surface area contributed by atoms with Crippen molar-refractivity contribution < 1.29 is 9.72 Å². The zero-order valence-electron chi connectivity index (χ0n) is 15.8. The van der Waals surface area contributed by atoms with Gasteiger partial charge in [0, 0.05) is 40.0 Å². The second-order valence-corrected chi connectivity index (χ2v) is 8.49. The number of halogens is 1. The summed E-state index contributed by atoms with van der Waals surface area (Å²) >= 11 is 8.62. The average Bonchev–Trinajstić information content (AvgIpc) is 3.43. The number of hydrogen-bond donors (Lipinski definition) is 1. The van der Waals surface area contributed by atoms with Gasteiger partial charge in [-0.3, -0.25) is 19.5 Å². The van der Waals surface area contributed by atoms with Gasteiger partial charge in [0.05, 0.1) is 22.6 Å². The molecule has 1 amide bonds. The number of hydrogen-bond acceptors (Lipinski definition) is 7. The fourth-order valence-electron chi connectivity index (χ4n) is 2.83. The monoisotopic (exact) mass is 471 g/mol. The number of anilines is 1. The zero-order valence-corrected chi connectivity index (χ0v) is 18.2. The van der Waals surface area contributed by atoms with E-state index in [1.165, 1.54) is 35.2 Å². The minimum atomic E-state index is -0.439. The van der Waals surface area contributed by atoms with Crippen LogP contribution in [0.25, 0.3) is 16.9 Å². The van der Waals surface area contributed by atoms with Crippen LogP contribution >= 0.6 is 34.7 Å². The van der Waals surface area contributed by atoms with Crippen LogP contribution in [0.5, 0.6) is 0 Å². The first-order valence-corrected chi connectivity index (χ1v) is 11.2. The molecule has 2 heterocycles. The van der Waals surface area contributed by atoms with E-state index in [1.807, 2.05) is 16.7 Å². The maximum Gasteiger partial charge on any atom is 0.270 e. The minimum Gasteiger partial charge on any atom is -0.301 e. The highest BCUT2D eigenvalue weighted by Gasteiger charge is 2.17. The van der Waals surface area contributed by atoms with Crippen molar-refractivity contribution >= 4 is 51.4 Å². The Hall–Kier alpha value is -3.21. The van der Waals surface area contributed by atoms with Crippen LogP contribution in [0.3, 0.4) is 0 Å². The largest absolute Gasteiger partial charge is 0.301 e. The molecule has 0 saturated heterocycles. The highest BCUT2D eigenvalue weighted by Crippen LogP contribution is 2.32. The number of imidazole rings is 1. The number of thioether (sulfide) groups is 1. The molecule has 4 rings (SSSR count). The normalized spacial score (nSPS) is 10.7. The van der Waals surface area contributed by atoms with Crippen molar-refractivity contribution in [1.29, 1.82) is 0 Å². The van der Waals surface area contributed by atoms with Gasteiger partial charge in [0.25, 0.3) is 5.69 Å². The van der Waals surface area contributed by atoms with Gasteiger partial charge in [-0.1, -0.05) is 35.5 Å². The van der Waals surface area contributed by atoms with Crippen LogP contribution in [0.2, 0.25) is 5.02 Å². The molecule has 0 saturated carbocycles.